The third-order valence-corrected chi connectivity index (χ3v) is 4.52. The van der Waals surface area contributed by atoms with Gasteiger partial charge in [0.2, 0.25) is 5.91 Å². The van der Waals surface area contributed by atoms with E-state index in [2.05, 4.69) is 0 Å². The van der Waals surface area contributed by atoms with E-state index in [4.69, 9.17) is 0 Å². The summed E-state index contributed by atoms with van der Waals surface area (Å²) in [5, 5.41) is 9.96. The van der Waals surface area contributed by atoms with Crippen LogP contribution in [0, 0.1) is 5.92 Å². The molecule has 2 saturated carbocycles. The molecule has 2 rings (SSSR count). The SMILES string of the molecule is CN(C(=O)CC1CCCC1)C1CCCCC1O. The molecule has 98 valence electrons. The molecule has 0 aliphatic heterocycles. The van der Waals surface area contributed by atoms with Gasteiger partial charge in [0.05, 0.1) is 12.1 Å². The van der Waals surface area contributed by atoms with Crippen molar-refractivity contribution in [2.75, 3.05) is 7.05 Å². The normalized spacial score (nSPS) is 30.5. The minimum absolute atomic E-state index is 0.0673. The van der Waals surface area contributed by atoms with Crippen LogP contribution in [0.4, 0.5) is 0 Å². The van der Waals surface area contributed by atoms with Crippen molar-refractivity contribution in [1.82, 2.24) is 4.90 Å². The quantitative estimate of drug-likeness (QED) is 0.821. The highest BCUT2D eigenvalue weighted by Gasteiger charge is 2.30. The van der Waals surface area contributed by atoms with E-state index in [1.54, 1.807) is 0 Å². The molecule has 0 radical (unpaired) electrons. The van der Waals surface area contributed by atoms with Gasteiger partial charge in [0.15, 0.2) is 0 Å². The van der Waals surface area contributed by atoms with E-state index in [-0.39, 0.29) is 18.1 Å². The highest BCUT2D eigenvalue weighted by atomic mass is 16.3. The van der Waals surface area contributed by atoms with Crippen molar-refractivity contribution in [3.8, 4) is 0 Å². The molecule has 0 heterocycles. The Labute approximate surface area is 104 Å². The summed E-state index contributed by atoms with van der Waals surface area (Å²) in [4.78, 5) is 14.0. The first-order chi connectivity index (χ1) is 8.18. The van der Waals surface area contributed by atoms with Crippen molar-refractivity contribution >= 4 is 5.91 Å². The second-order valence-electron chi connectivity index (χ2n) is 5.78. The van der Waals surface area contributed by atoms with E-state index in [1.165, 1.54) is 25.7 Å². The van der Waals surface area contributed by atoms with Gasteiger partial charge in [-0.05, 0) is 31.6 Å². The topological polar surface area (TPSA) is 40.5 Å². The summed E-state index contributed by atoms with van der Waals surface area (Å²) in [5.74, 6) is 0.841. The number of hydrogen-bond donors (Lipinski definition) is 1. The van der Waals surface area contributed by atoms with Gasteiger partial charge in [-0.25, -0.2) is 0 Å². The Morgan fingerprint density at radius 2 is 1.71 bits per heavy atom. The maximum absolute atomic E-state index is 12.2. The van der Waals surface area contributed by atoms with Crippen molar-refractivity contribution in [3.05, 3.63) is 0 Å². The lowest BCUT2D eigenvalue weighted by Crippen LogP contribution is -2.46. The Kier molecular flexibility index (Phi) is 4.43. The molecule has 1 amide bonds. The van der Waals surface area contributed by atoms with Crippen molar-refractivity contribution in [2.45, 2.75) is 69.9 Å². The molecule has 2 unspecified atom stereocenters. The van der Waals surface area contributed by atoms with Gasteiger partial charge in [-0.1, -0.05) is 25.7 Å². The second kappa shape index (κ2) is 5.85. The number of aliphatic hydroxyl groups excluding tert-OH is 1. The molecule has 0 bridgehead atoms. The van der Waals surface area contributed by atoms with E-state index in [0.717, 1.165) is 25.7 Å². The lowest BCUT2D eigenvalue weighted by atomic mass is 9.91. The lowest BCUT2D eigenvalue weighted by molar-refractivity contribution is -0.136. The number of hydrogen-bond acceptors (Lipinski definition) is 2. The zero-order chi connectivity index (χ0) is 12.3. The number of nitrogens with zero attached hydrogens (tertiary/aromatic N) is 1. The maximum Gasteiger partial charge on any atom is 0.222 e. The molecule has 2 aliphatic carbocycles. The van der Waals surface area contributed by atoms with E-state index >= 15 is 0 Å². The first-order valence-electron chi connectivity index (χ1n) is 7.12. The highest BCUT2D eigenvalue weighted by molar-refractivity contribution is 5.76. The van der Waals surface area contributed by atoms with Gasteiger partial charge >= 0.3 is 0 Å². The van der Waals surface area contributed by atoms with Crippen LogP contribution in [0.3, 0.4) is 0 Å². The molecular formula is C14H25NO2. The summed E-state index contributed by atoms with van der Waals surface area (Å²) in [6.45, 7) is 0. The number of carbonyl (C=O) groups is 1. The van der Waals surface area contributed by atoms with Crippen LogP contribution in [-0.4, -0.2) is 35.1 Å². The molecule has 0 spiro atoms. The first-order valence-corrected chi connectivity index (χ1v) is 7.12. The van der Waals surface area contributed by atoms with Gasteiger partial charge in [-0.2, -0.15) is 0 Å². The lowest BCUT2D eigenvalue weighted by Gasteiger charge is -2.35. The molecular weight excluding hydrogens is 214 g/mol. The first kappa shape index (κ1) is 12.9. The predicted molar refractivity (Wildman–Crippen MR) is 67.6 cm³/mol. The second-order valence-corrected chi connectivity index (χ2v) is 5.78. The van der Waals surface area contributed by atoms with Gasteiger partial charge < -0.3 is 10.0 Å². The van der Waals surface area contributed by atoms with E-state index < -0.39 is 0 Å². The molecule has 2 fully saturated rings. The number of rotatable bonds is 3. The average Bonchev–Trinajstić information content (AvgIpc) is 2.81. The third kappa shape index (κ3) is 3.21. The Hall–Kier alpha value is -0.570. The fourth-order valence-corrected chi connectivity index (χ4v) is 3.33. The number of aliphatic hydroxyl groups is 1. The minimum atomic E-state index is -0.304. The number of carbonyl (C=O) groups excluding carboxylic acids is 1. The van der Waals surface area contributed by atoms with E-state index in [1.807, 2.05) is 11.9 Å². The van der Waals surface area contributed by atoms with Gasteiger partial charge in [0.25, 0.3) is 0 Å². The van der Waals surface area contributed by atoms with Crippen LogP contribution < -0.4 is 0 Å². The number of likely N-dealkylation sites (N-methyl/N-ethyl adjacent to an activating group) is 1. The fraction of sp³-hybridized carbons (Fsp3) is 0.929. The zero-order valence-electron chi connectivity index (χ0n) is 10.9. The summed E-state index contributed by atoms with van der Waals surface area (Å²) in [7, 11) is 1.87. The van der Waals surface area contributed by atoms with Crippen LogP contribution in [0.2, 0.25) is 0 Å². The van der Waals surface area contributed by atoms with E-state index in [9.17, 15) is 9.90 Å². The molecule has 0 saturated heterocycles. The molecule has 0 aromatic rings. The van der Waals surface area contributed by atoms with Crippen molar-refractivity contribution < 1.29 is 9.90 Å². The molecule has 3 heteroatoms. The summed E-state index contributed by atoms with van der Waals surface area (Å²) in [6, 6.07) is 0.0673. The van der Waals surface area contributed by atoms with Crippen molar-refractivity contribution in [1.29, 1.82) is 0 Å². The van der Waals surface area contributed by atoms with Crippen molar-refractivity contribution in [2.24, 2.45) is 5.92 Å². The maximum atomic E-state index is 12.2. The predicted octanol–water partition coefficient (Wildman–Crippen LogP) is 2.33. The molecule has 0 aromatic carbocycles. The Balaban J connectivity index is 1.84. The molecule has 3 nitrogen and oxygen atoms in total. The smallest absolute Gasteiger partial charge is 0.222 e. The fourth-order valence-electron chi connectivity index (χ4n) is 3.33. The molecule has 2 atom stereocenters. The Morgan fingerprint density at radius 3 is 2.35 bits per heavy atom. The molecule has 0 aromatic heterocycles. The van der Waals surface area contributed by atoms with Gasteiger partial charge in [0, 0.05) is 13.5 Å². The van der Waals surface area contributed by atoms with E-state index in [0.29, 0.717) is 12.3 Å². The third-order valence-electron chi connectivity index (χ3n) is 4.52. The zero-order valence-corrected chi connectivity index (χ0v) is 10.9. The van der Waals surface area contributed by atoms with Crippen LogP contribution in [0.1, 0.15) is 57.8 Å². The van der Waals surface area contributed by atoms with Crippen LogP contribution >= 0.6 is 0 Å². The standard InChI is InChI=1S/C14H25NO2/c1-15(12-8-4-5-9-13(12)16)14(17)10-11-6-2-3-7-11/h11-13,16H,2-10H2,1H3. The minimum Gasteiger partial charge on any atom is -0.391 e. The molecule has 17 heavy (non-hydrogen) atoms. The van der Waals surface area contributed by atoms with Gasteiger partial charge in [-0.15, -0.1) is 0 Å². The van der Waals surface area contributed by atoms with Crippen LogP contribution in [0.15, 0.2) is 0 Å². The Morgan fingerprint density at radius 1 is 1.12 bits per heavy atom. The van der Waals surface area contributed by atoms with Gasteiger partial charge in [0.1, 0.15) is 0 Å². The number of amides is 1. The average molecular weight is 239 g/mol. The molecule has 1 N–H and O–H groups in total. The summed E-state index contributed by atoms with van der Waals surface area (Å²) < 4.78 is 0. The monoisotopic (exact) mass is 239 g/mol. The highest BCUT2D eigenvalue weighted by Crippen LogP contribution is 2.29. The largest absolute Gasteiger partial charge is 0.391 e. The summed E-state index contributed by atoms with van der Waals surface area (Å²) in [6.07, 6.45) is 9.45. The van der Waals surface area contributed by atoms with Crippen molar-refractivity contribution in [3.63, 3.8) is 0 Å². The van der Waals surface area contributed by atoms with Crippen LogP contribution in [-0.2, 0) is 4.79 Å². The Bertz CT molecular complexity index is 261. The molecule has 2 aliphatic rings. The summed E-state index contributed by atoms with van der Waals surface area (Å²) in [5.41, 5.74) is 0. The summed E-state index contributed by atoms with van der Waals surface area (Å²) >= 11 is 0. The van der Waals surface area contributed by atoms with Crippen LogP contribution in [0.5, 0.6) is 0 Å². The van der Waals surface area contributed by atoms with Crippen LogP contribution in [0.25, 0.3) is 0 Å². The van der Waals surface area contributed by atoms with Gasteiger partial charge in [-0.3, -0.25) is 4.79 Å².